The number of carbonyl (C=O) groups excluding carboxylic acids is 1. The van der Waals surface area contributed by atoms with Crippen LogP contribution in [0, 0.1) is 10.1 Å². The Morgan fingerprint density at radius 1 is 1.17 bits per heavy atom. The number of fused-ring (bicyclic) bond motifs is 1. The van der Waals surface area contributed by atoms with Gasteiger partial charge in [0.25, 0.3) is 5.69 Å². The molecule has 0 fully saturated rings. The van der Waals surface area contributed by atoms with E-state index >= 15 is 0 Å². The minimum atomic E-state index is -0.471. The van der Waals surface area contributed by atoms with Gasteiger partial charge in [0.05, 0.1) is 10.8 Å². The summed E-state index contributed by atoms with van der Waals surface area (Å²) >= 11 is 0. The predicted molar refractivity (Wildman–Crippen MR) is 82.7 cm³/mol. The largest absolute Gasteiger partial charge is 0.454 e. The maximum atomic E-state index is 12.3. The van der Waals surface area contributed by atoms with Crippen molar-refractivity contribution in [1.82, 2.24) is 0 Å². The van der Waals surface area contributed by atoms with Gasteiger partial charge in [-0.25, -0.2) is 0 Å². The first-order chi connectivity index (χ1) is 11.0. The van der Waals surface area contributed by atoms with E-state index in [1.807, 2.05) is 0 Å². The van der Waals surface area contributed by atoms with Crippen molar-refractivity contribution in [2.45, 2.75) is 12.8 Å². The van der Waals surface area contributed by atoms with Crippen molar-refractivity contribution in [3.63, 3.8) is 0 Å². The van der Waals surface area contributed by atoms with E-state index in [1.165, 1.54) is 12.1 Å². The van der Waals surface area contributed by atoms with Crippen molar-refractivity contribution in [1.29, 1.82) is 0 Å². The zero-order valence-electron chi connectivity index (χ0n) is 12.3. The lowest BCUT2D eigenvalue weighted by molar-refractivity contribution is -0.384. The van der Waals surface area contributed by atoms with Gasteiger partial charge in [0.2, 0.25) is 12.7 Å². The highest BCUT2D eigenvalue weighted by Crippen LogP contribution is 2.34. The Hall–Kier alpha value is -3.09. The molecule has 7 nitrogen and oxygen atoms in total. The summed E-state index contributed by atoms with van der Waals surface area (Å²) in [4.78, 5) is 22.5. The number of amides is 1. The Kier molecular flexibility index (Phi) is 3.84. The maximum Gasteiger partial charge on any atom is 0.269 e. The summed E-state index contributed by atoms with van der Waals surface area (Å²) in [5.74, 6) is 0.580. The van der Waals surface area contributed by atoms with Gasteiger partial charge in [0.15, 0.2) is 11.5 Å². The van der Waals surface area contributed by atoms with Crippen LogP contribution in [0.5, 0.6) is 11.5 Å². The number of anilines is 1. The average Bonchev–Trinajstić information content (AvgIpc) is 3.01. The van der Waals surface area contributed by atoms with Gasteiger partial charge in [-0.3, -0.25) is 14.9 Å². The number of nitrogens with one attached hydrogen (secondary N) is 1. The fourth-order valence-electron chi connectivity index (χ4n) is 2.26. The molecule has 0 unspecified atom stereocenters. The number of benzene rings is 2. The first-order valence-electron chi connectivity index (χ1n) is 6.99. The quantitative estimate of drug-likeness (QED) is 0.692. The predicted octanol–water partition coefficient (Wildman–Crippen LogP) is 3.07. The summed E-state index contributed by atoms with van der Waals surface area (Å²) in [6.45, 7) is 1.91. The van der Waals surface area contributed by atoms with Gasteiger partial charge in [-0.15, -0.1) is 0 Å². The van der Waals surface area contributed by atoms with E-state index in [4.69, 9.17) is 9.47 Å². The number of nitro groups is 1. The molecule has 2 aromatic rings. The van der Waals surface area contributed by atoms with Crippen LogP contribution in [0.2, 0.25) is 0 Å². The van der Waals surface area contributed by atoms with Crippen LogP contribution in [0.25, 0.3) is 0 Å². The Morgan fingerprint density at radius 3 is 2.57 bits per heavy atom. The first-order valence-corrected chi connectivity index (χ1v) is 6.99. The van der Waals surface area contributed by atoms with Gasteiger partial charge in [0, 0.05) is 23.9 Å². The van der Waals surface area contributed by atoms with Gasteiger partial charge in [-0.2, -0.15) is 0 Å². The fourth-order valence-corrected chi connectivity index (χ4v) is 2.26. The molecule has 0 radical (unpaired) electrons. The van der Waals surface area contributed by atoms with E-state index in [-0.39, 0.29) is 18.4 Å². The van der Waals surface area contributed by atoms with Crippen LogP contribution < -0.4 is 14.8 Å². The highest BCUT2D eigenvalue weighted by Gasteiger charge is 2.18. The third kappa shape index (κ3) is 3.08. The molecule has 0 spiro atoms. The Balaban J connectivity index is 1.71. The van der Waals surface area contributed by atoms with Crippen LogP contribution in [-0.2, 0) is 4.79 Å². The molecule has 1 N–H and O–H groups in total. The molecule has 1 amide bonds. The zero-order chi connectivity index (χ0) is 16.4. The first kappa shape index (κ1) is 14.8. The van der Waals surface area contributed by atoms with Crippen molar-refractivity contribution in [2.24, 2.45) is 0 Å². The van der Waals surface area contributed by atoms with Gasteiger partial charge in [0.1, 0.15) is 0 Å². The number of rotatable bonds is 4. The standard InChI is InChI=1S/C16H14N2O5/c1-10(11-2-5-13(6-3-11)18(20)21)16(19)17-12-4-7-14-15(8-12)23-9-22-14/h2-8,10H,9H2,1H3,(H,17,19)/t10-/m1/s1. The summed E-state index contributed by atoms with van der Waals surface area (Å²) in [7, 11) is 0. The van der Waals surface area contributed by atoms with Gasteiger partial charge >= 0.3 is 0 Å². The summed E-state index contributed by atoms with van der Waals surface area (Å²) in [5.41, 5.74) is 1.30. The van der Waals surface area contributed by atoms with E-state index in [1.54, 1.807) is 37.3 Å². The number of carbonyl (C=O) groups is 1. The third-order valence-electron chi connectivity index (χ3n) is 3.64. The van der Waals surface area contributed by atoms with Crippen LogP contribution in [0.15, 0.2) is 42.5 Å². The van der Waals surface area contributed by atoms with E-state index in [0.29, 0.717) is 22.7 Å². The second kappa shape index (κ2) is 5.96. The molecular weight excluding hydrogens is 300 g/mol. The molecule has 23 heavy (non-hydrogen) atoms. The van der Waals surface area contributed by atoms with Crippen molar-refractivity contribution in [2.75, 3.05) is 12.1 Å². The van der Waals surface area contributed by atoms with Gasteiger partial charge < -0.3 is 14.8 Å². The normalized spacial score (nSPS) is 13.4. The molecule has 118 valence electrons. The fraction of sp³-hybridized carbons (Fsp3) is 0.188. The number of ether oxygens (including phenoxy) is 2. The highest BCUT2D eigenvalue weighted by molar-refractivity contribution is 5.95. The van der Waals surface area contributed by atoms with E-state index < -0.39 is 10.8 Å². The molecule has 0 saturated heterocycles. The molecule has 3 rings (SSSR count). The Morgan fingerprint density at radius 2 is 1.87 bits per heavy atom. The van der Waals surface area contributed by atoms with E-state index in [9.17, 15) is 14.9 Å². The van der Waals surface area contributed by atoms with Crippen LogP contribution in [0.3, 0.4) is 0 Å². The molecular formula is C16H14N2O5. The molecule has 0 aliphatic carbocycles. The SMILES string of the molecule is C[C@@H](C(=O)Nc1ccc2c(c1)OCO2)c1ccc([N+](=O)[O-])cc1. The lowest BCUT2D eigenvalue weighted by atomic mass is 10.00. The molecule has 0 aromatic heterocycles. The summed E-state index contributed by atoms with van der Waals surface area (Å²) < 4.78 is 10.5. The van der Waals surface area contributed by atoms with Crippen molar-refractivity contribution in [3.8, 4) is 11.5 Å². The summed E-state index contributed by atoms with van der Waals surface area (Å²) in [5, 5.41) is 13.5. The molecule has 1 aliphatic heterocycles. The number of nitro benzene ring substituents is 1. The van der Waals surface area contributed by atoms with E-state index in [0.717, 1.165) is 0 Å². The topological polar surface area (TPSA) is 90.7 Å². The monoisotopic (exact) mass is 314 g/mol. The van der Waals surface area contributed by atoms with Gasteiger partial charge in [-0.1, -0.05) is 12.1 Å². The van der Waals surface area contributed by atoms with Crippen LogP contribution in [0.4, 0.5) is 11.4 Å². The van der Waals surface area contributed by atoms with Crippen molar-refractivity contribution in [3.05, 3.63) is 58.1 Å². The lowest BCUT2D eigenvalue weighted by Crippen LogP contribution is -2.18. The maximum absolute atomic E-state index is 12.3. The summed E-state index contributed by atoms with van der Waals surface area (Å²) in [6.07, 6.45) is 0. The molecule has 7 heteroatoms. The second-order valence-corrected chi connectivity index (χ2v) is 5.13. The average molecular weight is 314 g/mol. The van der Waals surface area contributed by atoms with E-state index in [2.05, 4.69) is 5.32 Å². The van der Waals surface area contributed by atoms with Crippen LogP contribution in [-0.4, -0.2) is 17.6 Å². The molecule has 2 aromatic carbocycles. The molecule has 0 saturated carbocycles. The number of non-ortho nitro benzene ring substituents is 1. The molecule has 1 heterocycles. The zero-order valence-corrected chi connectivity index (χ0v) is 12.3. The van der Waals surface area contributed by atoms with Crippen LogP contribution >= 0.6 is 0 Å². The Labute approximate surface area is 132 Å². The smallest absolute Gasteiger partial charge is 0.269 e. The van der Waals surface area contributed by atoms with Crippen molar-refractivity contribution >= 4 is 17.3 Å². The Bertz CT molecular complexity index is 758. The van der Waals surface area contributed by atoms with Gasteiger partial charge in [-0.05, 0) is 24.6 Å². The molecule has 1 aliphatic rings. The number of nitrogens with zero attached hydrogens (tertiary/aromatic N) is 1. The lowest BCUT2D eigenvalue weighted by Gasteiger charge is -2.12. The van der Waals surface area contributed by atoms with Crippen LogP contribution in [0.1, 0.15) is 18.4 Å². The molecule has 0 bridgehead atoms. The second-order valence-electron chi connectivity index (χ2n) is 5.13. The number of hydrogen-bond acceptors (Lipinski definition) is 5. The third-order valence-corrected chi connectivity index (χ3v) is 3.64. The molecule has 1 atom stereocenters. The van der Waals surface area contributed by atoms with Crippen molar-refractivity contribution < 1.29 is 19.2 Å². The minimum absolute atomic E-state index is 0.00266. The minimum Gasteiger partial charge on any atom is -0.454 e. The number of hydrogen-bond donors (Lipinski definition) is 1. The summed E-state index contributed by atoms with van der Waals surface area (Å²) in [6, 6.07) is 11.1. The highest BCUT2D eigenvalue weighted by atomic mass is 16.7.